The third-order valence-electron chi connectivity index (χ3n) is 4.29. The molecule has 142 valence electrons. The Hall–Kier alpha value is -2.03. The molecule has 2 atom stereocenters. The molecule has 0 bridgehead atoms. The Morgan fingerprint density at radius 3 is 2.35 bits per heavy atom. The van der Waals surface area contributed by atoms with E-state index in [9.17, 15) is 15.0 Å². The highest BCUT2D eigenvalue weighted by atomic mass is 16.6. The summed E-state index contributed by atoms with van der Waals surface area (Å²) < 4.78 is 5.49. The van der Waals surface area contributed by atoms with E-state index >= 15 is 0 Å². The lowest BCUT2D eigenvalue weighted by Crippen LogP contribution is -2.45. The largest absolute Gasteiger partial charge is 0.446 e. The van der Waals surface area contributed by atoms with Gasteiger partial charge in [-0.25, -0.2) is 4.79 Å². The van der Waals surface area contributed by atoms with E-state index < -0.39 is 11.2 Å². The minimum Gasteiger partial charge on any atom is -0.446 e. The summed E-state index contributed by atoms with van der Waals surface area (Å²) >= 11 is 0. The maximum absolute atomic E-state index is 12.4. The molecule has 1 aliphatic heterocycles. The number of hydrogen-bond donors (Lipinski definition) is 2. The van der Waals surface area contributed by atoms with E-state index in [0.717, 1.165) is 11.1 Å². The molecule has 1 heterocycles. The fourth-order valence-corrected chi connectivity index (χ4v) is 2.95. The maximum Gasteiger partial charge on any atom is 0.410 e. The first-order valence-corrected chi connectivity index (χ1v) is 9.00. The highest BCUT2D eigenvalue weighted by molar-refractivity contribution is 5.69. The van der Waals surface area contributed by atoms with Crippen LogP contribution in [0.25, 0.3) is 0 Å². The molecule has 1 aliphatic rings. The van der Waals surface area contributed by atoms with Crippen LogP contribution in [0.2, 0.25) is 0 Å². The van der Waals surface area contributed by atoms with Crippen molar-refractivity contribution in [2.24, 2.45) is 0 Å². The van der Waals surface area contributed by atoms with Crippen LogP contribution in [-0.2, 0) is 4.74 Å². The molecule has 2 rings (SSSR count). The van der Waals surface area contributed by atoms with E-state index in [-0.39, 0.29) is 18.2 Å². The summed E-state index contributed by atoms with van der Waals surface area (Å²) in [6.45, 7) is 9.29. The normalized spacial score (nSPS) is 19.4. The van der Waals surface area contributed by atoms with Crippen molar-refractivity contribution in [1.82, 2.24) is 4.90 Å². The van der Waals surface area contributed by atoms with Gasteiger partial charge in [-0.05, 0) is 52.3 Å². The topological polar surface area (TPSA) is 70.0 Å². The summed E-state index contributed by atoms with van der Waals surface area (Å²) in [6, 6.07) is 7.54. The van der Waals surface area contributed by atoms with E-state index in [1.807, 2.05) is 31.2 Å². The van der Waals surface area contributed by atoms with Crippen LogP contribution in [0.4, 0.5) is 4.79 Å². The average Bonchev–Trinajstić information content (AvgIpc) is 2.51. The molecule has 0 radical (unpaired) electrons. The van der Waals surface area contributed by atoms with Crippen LogP contribution in [0.5, 0.6) is 0 Å². The van der Waals surface area contributed by atoms with Crippen LogP contribution >= 0.6 is 0 Å². The van der Waals surface area contributed by atoms with Crippen molar-refractivity contribution in [3.8, 4) is 11.8 Å². The van der Waals surface area contributed by atoms with Gasteiger partial charge in [0, 0.05) is 24.9 Å². The summed E-state index contributed by atoms with van der Waals surface area (Å²) in [5.41, 5.74) is -0.0618. The fraction of sp³-hybridized carbons (Fsp3) is 0.571. The van der Waals surface area contributed by atoms with Crippen molar-refractivity contribution < 1.29 is 19.7 Å². The van der Waals surface area contributed by atoms with Gasteiger partial charge in [-0.1, -0.05) is 24.0 Å². The van der Waals surface area contributed by atoms with Gasteiger partial charge in [-0.2, -0.15) is 0 Å². The number of nitrogens with zero attached hydrogens (tertiary/aromatic N) is 1. The SMILES string of the molecule is CC(c1ccc(C#CC(C)(C)O)cc1)N1CCC(CC(C)(C)O)OC1=O. The number of hydrogen-bond acceptors (Lipinski definition) is 4. The van der Waals surface area contributed by atoms with E-state index in [1.165, 1.54) is 0 Å². The van der Waals surface area contributed by atoms with E-state index in [1.54, 1.807) is 32.6 Å². The Morgan fingerprint density at radius 2 is 1.85 bits per heavy atom. The number of aliphatic hydroxyl groups is 2. The molecular formula is C21H29NO4. The molecule has 5 nitrogen and oxygen atoms in total. The summed E-state index contributed by atoms with van der Waals surface area (Å²) in [5.74, 6) is 5.72. The molecule has 0 spiro atoms. The zero-order chi connectivity index (χ0) is 19.5. The fourth-order valence-electron chi connectivity index (χ4n) is 2.95. The smallest absolute Gasteiger partial charge is 0.410 e. The highest BCUT2D eigenvalue weighted by Crippen LogP contribution is 2.28. The van der Waals surface area contributed by atoms with Crippen molar-refractivity contribution in [3.63, 3.8) is 0 Å². The van der Waals surface area contributed by atoms with Crippen molar-refractivity contribution in [3.05, 3.63) is 35.4 Å². The number of cyclic esters (lactones) is 1. The van der Waals surface area contributed by atoms with Gasteiger partial charge in [0.05, 0.1) is 11.6 Å². The number of amides is 1. The summed E-state index contributed by atoms with van der Waals surface area (Å²) in [6.07, 6.45) is 0.555. The zero-order valence-corrected chi connectivity index (χ0v) is 16.2. The van der Waals surface area contributed by atoms with Gasteiger partial charge in [-0.3, -0.25) is 0 Å². The second-order valence-corrected chi connectivity index (χ2v) is 8.11. The molecule has 1 fully saturated rings. The Labute approximate surface area is 156 Å². The lowest BCUT2D eigenvalue weighted by molar-refractivity contribution is -0.0309. The quantitative estimate of drug-likeness (QED) is 0.810. The van der Waals surface area contributed by atoms with E-state index in [4.69, 9.17) is 4.74 Å². The second-order valence-electron chi connectivity index (χ2n) is 8.11. The molecule has 5 heteroatoms. The molecule has 0 saturated carbocycles. The molecule has 0 aromatic heterocycles. The summed E-state index contributed by atoms with van der Waals surface area (Å²) in [5, 5.41) is 19.6. The van der Waals surface area contributed by atoms with Gasteiger partial charge < -0.3 is 19.8 Å². The zero-order valence-electron chi connectivity index (χ0n) is 16.2. The minimum absolute atomic E-state index is 0.109. The van der Waals surface area contributed by atoms with Crippen molar-refractivity contribution in [2.45, 2.75) is 70.8 Å². The molecule has 1 amide bonds. The first-order chi connectivity index (χ1) is 11.9. The lowest BCUT2D eigenvalue weighted by Gasteiger charge is -2.37. The molecule has 1 aromatic carbocycles. The number of carbonyl (C=O) groups excluding carboxylic acids is 1. The average molecular weight is 359 g/mol. The highest BCUT2D eigenvalue weighted by Gasteiger charge is 2.33. The molecule has 2 unspecified atom stereocenters. The predicted molar refractivity (Wildman–Crippen MR) is 101 cm³/mol. The van der Waals surface area contributed by atoms with Crippen LogP contribution in [0, 0.1) is 11.8 Å². The van der Waals surface area contributed by atoms with Gasteiger partial charge in [0.25, 0.3) is 0 Å². The number of ether oxygens (including phenoxy) is 1. The number of rotatable bonds is 4. The van der Waals surface area contributed by atoms with Crippen LogP contribution in [0.1, 0.15) is 64.6 Å². The Balaban J connectivity index is 2.02. The summed E-state index contributed by atoms with van der Waals surface area (Å²) in [7, 11) is 0. The van der Waals surface area contributed by atoms with Crippen LogP contribution in [-0.4, -0.2) is 45.1 Å². The molecule has 2 N–H and O–H groups in total. The molecule has 26 heavy (non-hydrogen) atoms. The third-order valence-corrected chi connectivity index (χ3v) is 4.29. The number of benzene rings is 1. The Kier molecular flexibility index (Phi) is 6.00. The molecule has 1 aromatic rings. The second kappa shape index (κ2) is 7.69. The van der Waals surface area contributed by atoms with Crippen LogP contribution in [0.3, 0.4) is 0 Å². The van der Waals surface area contributed by atoms with Crippen molar-refractivity contribution in [2.75, 3.05) is 6.54 Å². The summed E-state index contributed by atoms with van der Waals surface area (Å²) in [4.78, 5) is 14.1. The van der Waals surface area contributed by atoms with Crippen molar-refractivity contribution in [1.29, 1.82) is 0 Å². The van der Waals surface area contributed by atoms with Crippen LogP contribution < -0.4 is 0 Å². The van der Waals surface area contributed by atoms with Gasteiger partial charge in [0.1, 0.15) is 11.7 Å². The maximum atomic E-state index is 12.4. The first kappa shape index (κ1) is 20.3. The third kappa shape index (κ3) is 6.05. The van der Waals surface area contributed by atoms with Gasteiger partial charge >= 0.3 is 6.09 Å². The number of carbonyl (C=O) groups is 1. The van der Waals surface area contributed by atoms with Crippen molar-refractivity contribution >= 4 is 6.09 Å². The Bertz CT molecular complexity index is 686. The Morgan fingerprint density at radius 1 is 1.23 bits per heavy atom. The molecule has 0 aliphatic carbocycles. The predicted octanol–water partition coefficient (Wildman–Crippen LogP) is 3.24. The molecular weight excluding hydrogens is 330 g/mol. The monoisotopic (exact) mass is 359 g/mol. The minimum atomic E-state index is -1.02. The van der Waals surface area contributed by atoms with E-state index in [2.05, 4.69) is 11.8 Å². The standard InChI is InChI=1S/C21H29NO4/c1-15(17-8-6-16(7-9-17)10-12-20(2,3)24)22-13-11-18(26-19(22)23)14-21(4,5)25/h6-9,15,18,24-25H,11,13-14H2,1-5H3. The first-order valence-electron chi connectivity index (χ1n) is 9.00. The van der Waals surface area contributed by atoms with Crippen LogP contribution in [0.15, 0.2) is 24.3 Å². The lowest BCUT2D eigenvalue weighted by atomic mass is 9.97. The van der Waals surface area contributed by atoms with Gasteiger partial charge in [0.15, 0.2) is 0 Å². The van der Waals surface area contributed by atoms with Gasteiger partial charge in [0.2, 0.25) is 0 Å². The molecule has 1 saturated heterocycles. The van der Waals surface area contributed by atoms with E-state index in [0.29, 0.717) is 19.4 Å². The van der Waals surface area contributed by atoms with Gasteiger partial charge in [-0.15, -0.1) is 0 Å².